The van der Waals surface area contributed by atoms with Crippen molar-refractivity contribution in [3.8, 4) is 24.8 Å². The van der Waals surface area contributed by atoms with Crippen molar-refractivity contribution in [3.05, 3.63) is 82.6 Å². The number of aryl methyl sites for hydroxylation is 1. The minimum absolute atomic E-state index is 0.285. The molecule has 0 spiro atoms. The number of rotatable bonds is 5. The van der Waals surface area contributed by atoms with E-state index in [4.69, 9.17) is 0 Å². The Hall–Kier alpha value is -2.77. The molecule has 1 aromatic rings. The van der Waals surface area contributed by atoms with Gasteiger partial charge in [-0.1, -0.05) is 36.6 Å². The molecule has 26 heavy (non-hydrogen) atoms. The van der Waals surface area contributed by atoms with E-state index in [9.17, 15) is 0 Å². The molecule has 0 amide bonds. The van der Waals surface area contributed by atoms with Crippen molar-refractivity contribution in [2.75, 3.05) is 0 Å². The summed E-state index contributed by atoms with van der Waals surface area (Å²) in [5.41, 5.74) is 5.66. The Morgan fingerprint density at radius 1 is 1.15 bits per heavy atom. The Morgan fingerprint density at radius 2 is 1.85 bits per heavy atom. The molecule has 1 atom stereocenters. The van der Waals surface area contributed by atoms with Gasteiger partial charge in [0.05, 0.1) is 12.2 Å². The maximum atomic E-state index is 4.00. The van der Waals surface area contributed by atoms with Gasteiger partial charge in [-0.25, -0.2) is 0 Å². The highest BCUT2D eigenvalue weighted by Crippen LogP contribution is 2.28. The van der Waals surface area contributed by atoms with Crippen LogP contribution in [0.4, 0.5) is 0 Å². The van der Waals surface area contributed by atoms with E-state index in [1.165, 1.54) is 15.4 Å². The van der Waals surface area contributed by atoms with Crippen LogP contribution in [0.2, 0.25) is 0 Å². The SMILES string of the molecule is C#C.CC#CN(/C=C\CC)[S+](C1=CC=C=C(C)C=C1)c1ccc(C)cc1. The molecule has 1 aromatic carbocycles. The zero-order valence-corrected chi connectivity index (χ0v) is 16.8. The first-order valence-electron chi connectivity index (χ1n) is 8.50. The molecular formula is C24H26NS+. The minimum atomic E-state index is -0.285. The van der Waals surface area contributed by atoms with Crippen LogP contribution in [0.1, 0.15) is 32.8 Å². The van der Waals surface area contributed by atoms with E-state index < -0.39 is 0 Å². The maximum absolute atomic E-state index is 4.00. The van der Waals surface area contributed by atoms with Crippen LogP contribution in [0, 0.1) is 31.7 Å². The van der Waals surface area contributed by atoms with Gasteiger partial charge in [0.1, 0.15) is 0 Å². The second-order valence-electron chi connectivity index (χ2n) is 5.47. The monoisotopic (exact) mass is 360 g/mol. The molecule has 1 aliphatic rings. The summed E-state index contributed by atoms with van der Waals surface area (Å²) in [5, 5.41) is 0. The number of nitrogens with zero attached hydrogens (tertiary/aromatic N) is 1. The van der Waals surface area contributed by atoms with Crippen LogP contribution < -0.4 is 0 Å². The summed E-state index contributed by atoms with van der Waals surface area (Å²) in [6, 6.07) is 12.0. The van der Waals surface area contributed by atoms with Gasteiger partial charge in [0, 0.05) is 6.08 Å². The Bertz CT molecular complexity index is 816. The predicted octanol–water partition coefficient (Wildman–Crippen LogP) is 5.90. The van der Waals surface area contributed by atoms with Gasteiger partial charge in [0.2, 0.25) is 0 Å². The summed E-state index contributed by atoms with van der Waals surface area (Å²) >= 11 is -0.285. The summed E-state index contributed by atoms with van der Waals surface area (Å²) in [6.45, 7) is 8.20. The molecule has 0 N–H and O–H groups in total. The zero-order chi connectivity index (χ0) is 19.4. The lowest BCUT2D eigenvalue weighted by Crippen LogP contribution is -2.23. The minimum Gasteiger partial charge on any atom is -0.124 e. The molecule has 1 nitrogen and oxygen atoms in total. The summed E-state index contributed by atoms with van der Waals surface area (Å²) < 4.78 is 2.12. The smallest absolute Gasteiger partial charge is 0.124 e. The average molecular weight is 361 g/mol. The largest absolute Gasteiger partial charge is 0.190 e. The van der Waals surface area contributed by atoms with Crippen molar-refractivity contribution in [3.63, 3.8) is 0 Å². The molecular weight excluding hydrogens is 334 g/mol. The third-order valence-electron chi connectivity index (χ3n) is 3.42. The maximum Gasteiger partial charge on any atom is 0.190 e. The molecule has 0 aliphatic heterocycles. The van der Waals surface area contributed by atoms with Crippen LogP contribution >= 0.6 is 0 Å². The van der Waals surface area contributed by atoms with Crippen LogP contribution in [0.15, 0.2) is 82.0 Å². The molecule has 1 unspecified atom stereocenters. The fraction of sp³-hybridized carbons (Fsp3) is 0.208. The van der Waals surface area contributed by atoms with Gasteiger partial charge in [0.25, 0.3) is 0 Å². The van der Waals surface area contributed by atoms with E-state index in [1.54, 1.807) is 0 Å². The number of allylic oxidation sites excluding steroid dienone is 5. The molecule has 2 rings (SSSR count). The van der Waals surface area contributed by atoms with Crippen LogP contribution in [-0.2, 0) is 11.1 Å². The van der Waals surface area contributed by atoms with E-state index in [1.807, 2.05) is 13.0 Å². The van der Waals surface area contributed by atoms with E-state index in [-0.39, 0.29) is 11.1 Å². The third-order valence-corrected chi connectivity index (χ3v) is 5.46. The quantitative estimate of drug-likeness (QED) is 0.273. The fourth-order valence-corrected chi connectivity index (χ4v) is 4.08. The molecule has 2 heteroatoms. The van der Waals surface area contributed by atoms with Crippen molar-refractivity contribution in [1.82, 2.24) is 4.31 Å². The van der Waals surface area contributed by atoms with Crippen molar-refractivity contribution in [2.24, 2.45) is 0 Å². The van der Waals surface area contributed by atoms with Crippen molar-refractivity contribution in [1.29, 1.82) is 0 Å². The van der Waals surface area contributed by atoms with Crippen LogP contribution in [-0.4, -0.2) is 4.31 Å². The molecule has 1 aliphatic carbocycles. The van der Waals surface area contributed by atoms with Crippen molar-refractivity contribution >= 4 is 11.1 Å². The Morgan fingerprint density at radius 3 is 2.46 bits per heavy atom. The Labute approximate surface area is 162 Å². The van der Waals surface area contributed by atoms with E-state index in [0.29, 0.717) is 0 Å². The molecule has 0 radical (unpaired) electrons. The molecule has 0 saturated heterocycles. The average Bonchev–Trinajstić information content (AvgIpc) is 2.88. The van der Waals surface area contributed by atoms with Gasteiger partial charge in [-0.2, -0.15) is 0 Å². The summed E-state index contributed by atoms with van der Waals surface area (Å²) in [4.78, 5) is 2.49. The highest BCUT2D eigenvalue weighted by molar-refractivity contribution is 7.98. The molecule has 0 bridgehead atoms. The Balaban J connectivity index is 0.00000163. The molecule has 0 heterocycles. The second-order valence-corrected chi connectivity index (χ2v) is 7.38. The van der Waals surface area contributed by atoms with Crippen LogP contribution in [0.3, 0.4) is 0 Å². The summed E-state index contributed by atoms with van der Waals surface area (Å²) in [7, 11) is 0. The summed E-state index contributed by atoms with van der Waals surface area (Å²) in [6.07, 6.45) is 21.7. The number of benzene rings is 1. The number of terminal acetylenes is 1. The topological polar surface area (TPSA) is 3.24 Å². The number of hydrogen-bond acceptors (Lipinski definition) is 1. The van der Waals surface area contributed by atoms with Gasteiger partial charge in [-0.3, -0.25) is 0 Å². The molecule has 0 aromatic heterocycles. The second kappa shape index (κ2) is 11.7. The predicted molar refractivity (Wildman–Crippen MR) is 116 cm³/mol. The first-order chi connectivity index (χ1) is 12.7. The zero-order valence-electron chi connectivity index (χ0n) is 16.0. The van der Waals surface area contributed by atoms with Gasteiger partial charge in [-0.05, 0) is 63.1 Å². The van der Waals surface area contributed by atoms with Crippen LogP contribution in [0.5, 0.6) is 0 Å². The molecule has 0 saturated carbocycles. The standard InChI is InChI=1S/C22H24NS.C2H2/c1-5-7-18-23(17-6-2)24(22-15-12-20(4)13-16-22)21-10-8-9-19(3)11-14-21;1-2/h7-8,10-16,18H,5H2,1-4H3;1-2H/q+1;/b18-7-;. The normalized spacial score (nSPS) is 13.5. The Kier molecular flexibility index (Phi) is 9.59. The van der Waals surface area contributed by atoms with Crippen molar-refractivity contribution < 1.29 is 0 Å². The lowest BCUT2D eigenvalue weighted by Gasteiger charge is -2.15. The van der Waals surface area contributed by atoms with E-state index >= 15 is 0 Å². The van der Waals surface area contributed by atoms with Gasteiger partial charge in [-0.15, -0.1) is 22.9 Å². The van der Waals surface area contributed by atoms with E-state index in [0.717, 1.165) is 12.0 Å². The molecule has 132 valence electrons. The van der Waals surface area contributed by atoms with Gasteiger partial charge < -0.3 is 0 Å². The lowest BCUT2D eigenvalue weighted by molar-refractivity contribution is 0.871. The number of hydrogen-bond donors (Lipinski definition) is 0. The first-order valence-corrected chi connectivity index (χ1v) is 9.68. The van der Waals surface area contributed by atoms with Crippen molar-refractivity contribution in [2.45, 2.75) is 39.0 Å². The lowest BCUT2D eigenvalue weighted by atomic mass is 10.2. The van der Waals surface area contributed by atoms with E-state index in [2.05, 4.69) is 110 Å². The third kappa shape index (κ3) is 6.27. The highest BCUT2D eigenvalue weighted by Gasteiger charge is 2.33. The fourth-order valence-electron chi connectivity index (χ4n) is 2.18. The van der Waals surface area contributed by atoms with Gasteiger partial charge in [0.15, 0.2) is 20.9 Å². The van der Waals surface area contributed by atoms with Gasteiger partial charge >= 0.3 is 0 Å². The van der Waals surface area contributed by atoms with Crippen LogP contribution in [0.25, 0.3) is 0 Å². The highest BCUT2D eigenvalue weighted by atomic mass is 32.2. The first kappa shape index (κ1) is 21.3. The molecule has 0 fully saturated rings. The summed E-state index contributed by atoms with van der Waals surface area (Å²) in [5.74, 6) is 3.05.